The van der Waals surface area contributed by atoms with Gasteiger partial charge in [-0.25, -0.2) is 13.2 Å². The molecule has 8 nitrogen and oxygen atoms in total. The molecule has 0 spiro atoms. The molecule has 0 unspecified atom stereocenters. The third-order valence-corrected chi connectivity index (χ3v) is 5.06. The van der Waals surface area contributed by atoms with Gasteiger partial charge in [-0.2, -0.15) is 0 Å². The molecule has 0 atom stereocenters. The van der Waals surface area contributed by atoms with Crippen molar-refractivity contribution in [1.29, 1.82) is 0 Å². The molecule has 126 valence electrons. The molecule has 0 radical (unpaired) electrons. The van der Waals surface area contributed by atoms with Gasteiger partial charge in [0.25, 0.3) is 15.7 Å². The number of anilines is 1. The third kappa shape index (κ3) is 3.75. The number of non-ortho nitro benzene ring substituents is 1. The van der Waals surface area contributed by atoms with Crippen LogP contribution in [0.25, 0.3) is 0 Å². The van der Waals surface area contributed by atoms with Crippen molar-refractivity contribution in [2.45, 2.75) is 4.90 Å². The Morgan fingerprint density at radius 2 is 1.75 bits per heavy atom. The Labute approximate surface area is 145 Å². The van der Waals surface area contributed by atoms with E-state index in [0.717, 1.165) is 36.4 Å². The average Bonchev–Trinajstić information content (AvgIpc) is 2.51. The van der Waals surface area contributed by atoms with E-state index in [0.29, 0.717) is 0 Å². The summed E-state index contributed by atoms with van der Waals surface area (Å²) in [7, 11) is -4.15. The molecule has 0 heterocycles. The summed E-state index contributed by atoms with van der Waals surface area (Å²) in [6.07, 6.45) is 0. The summed E-state index contributed by atoms with van der Waals surface area (Å²) in [5.41, 5.74) is -0.756. The number of aromatic carboxylic acids is 1. The minimum Gasteiger partial charge on any atom is -0.478 e. The molecule has 0 saturated heterocycles. The smallest absolute Gasteiger partial charge is 0.335 e. The van der Waals surface area contributed by atoms with Crippen LogP contribution in [0.2, 0.25) is 10.0 Å². The van der Waals surface area contributed by atoms with E-state index < -0.39 is 20.9 Å². The molecule has 0 aliphatic heterocycles. The summed E-state index contributed by atoms with van der Waals surface area (Å²) in [6, 6.07) is 6.22. The van der Waals surface area contributed by atoms with Crippen molar-refractivity contribution >= 4 is 50.6 Å². The van der Waals surface area contributed by atoms with E-state index in [1.807, 2.05) is 0 Å². The fourth-order valence-corrected chi connectivity index (χ4v) is 3.23. The van der Waals surface area contributed by atoms with Crippen LogP contribution in [0.5, 0.6) is 0 Å². The van der Waals surface area contributed by atoms with Gasteiger partial charge in [-0.1, -0.05) is 23.2 Å². The molecule has 0 fully saturated rings. The highest BCUT2D eigenvalue weighted by Gasteiger charge is 2.20. The van der Waals surface area contributed by atoms with Crippen LogP contribution >= 0.6 is 23.2 Å². The zero-order valence-electron chi connectivity index (χ0n) is 11.6. The lowest BCUT2D eigenvalue weighted by Crippen LogP contribution is -2.14. The number of hydrogen-bond donors (Lipinski definition) is 2. The molecular formula is C13H8Cl2N2O6S. The van der Waals surface area contributed by atoms with Crippen LogP contribution in [0.15, 0.2) is 41.3 Å². The Morgan fingerprint density at radius 1 is 1.17 bits per heavy atom. The van der Waals surface area contributed by atoms with Gasteiger partial charge in [-0.05, 0) is 24.3 Å². The number of sulfonamides is 1. The van der Waals surface area contributed by atoms with E-state index in [2.05, 4.69) is 4.72 Å². The Hall–Kier alpha value is -2.36. The minimum atomic E-state index is -4.15. The zero-order chi connectivity index (χ0) is 18.1. The molecule has 0 aliphatic carbocycles. The minimum absolute atomic E-state index is 0.141. The predicted octanol–water partition coefficient (Wildman–Crippen LogP) is 3.40. The highest BCUT2D eigenvalue weighted by molar-refractivity contribution is 7.92. The summed E-state index contributed by atoms with van der Waals surface area (Å²) in [6.45, 7) is 0. The van der Waals surface area contributed by atoms with Crippen LogP contribution in [0.1, 0.15) is 10.4 Å². The number of nitro benzene ring substituents is 1. The lowest BCUT2D eigenvalue weighted by atomic mass is 10.2. The van der Waals surface area contributed by atoms with Crippen LogP contribution in [-0.2, 0) is 10.0 Å². The largest absolute Gasteiger partial charge is 0.478 e. The van der Waals surface area contributed by atoms with E-state index in [1.54, 1.807) is 0 Å². The maximum Gasteiger partial charge on any atom is 0.335 e. The van der Waals surface area contributed by atoms with Crippen molar-refractivity contribution in [1.82, 2.24) is 0 Å². The topological polar surface area (TPSA) is 127 Å². The molecule has 2 aromatic carbocycles. The lowest BCUT2D eigenvalue weighted by Gasteiger charge is -2.11. The van der Waals surface area contributed by atoms with Crippen LogP contribution < -0.4 is 4.72 Å². The van der Waals surface area contributed by atoms with Gasteiger partial charge in [-0.3, -0.25) is 14.8 Å². The number of halogens is 2. The number of nitrogens with one attached hydrogen (secondary N) is 1. The molecule has 2 rings (SSSR count). The fraction of sp³-hybridized carbons (Fsp3) is 0. The van der Waals surface area contributed by atoms with Gasteiger partial charge in [0.2, 0.25) is 0 Å². The second-order valence-corrected chi connectivity index (χ2v) is 6.95. The van der Waals surface area contributed by atoms with Crippen LogP contribution in [0, 0.1) is 10.1 Å². The van der Waals surface area contributed by atoms with Gasteiger partial charge >= 0.3 is 5.97 Å². The predicted molar refractivity (Wildman–Crippen MR) is 87.3 cm³/mol. The first kappa shape index (κ1) is 18.0. The SMILES string of the molecule is O=C(O)c1cc(Cl)c(Cl)c(NS(=O)(=O)c2ccc([N+](=O)[O-])cc2)c1. The first-order valence-corrected chi connectivity index (χ1v) is 8.35. The molecule has 0 bridgehead atoms. The van der Waals surface area contributed by atoms with Gasteiger partial charge < -0.3 is 5.11 Å². The average molecular weight is 391 g/mol. The normalized spacial score (nSPS) is 11.1. The number of carboxylic acid groups (broad SMARTS) is 1. The highest BCUT2D eigenvalue weighted by Crippen LogP contribution is 2.33. The van der Waals surface area contributed by atoms with Crippen molar-refractivity contribution in [2.24, 2.45) is 0 Å². The number of rotatable bonds is 5. The highest BCUT2D eigenvalue weighted by atomic mass is 35.5. The Bertz CT molecular complexity index is 928. The van der Waals surface area contributed by atoms with Crippen molar-refractivity contribution < 1.29 is 23.2 Å². The number of benzene rings is 2. The van der Waals surface area contributed by atoms with Gasteiger partial charge in [0.05, 0.1) is 31.1 Å². The van der Waals surface area contributed by atoms with E-state index >= 15 is 0 Å². The Balaban J connectivity index is 2.42. The van der Waals surface area contributed by atoms with E-state index in [-0.39, 0.29) is 31.9 Å². The lowest BCUT2D eigenvalue weighted by molar-refractivity contribution is -0.384. The summed E-state index contributed by atoms with van der Waals surface area (Å²) >= 11 is 11.7. The summed E-state index contributed by atoms with van der Waals surface area (Å²) in [4.78, 5) is 20.7. The Morgan fingerprint density at radius 3 is 2.25 bits per heavy atom. The third-order valence-electron chi connectivity index (χ3n) is 2.88. The van der Waals surface area contributed by atoms with E-state index in [9.17, 15) is 23.3 Å². The maximum absolute atomic E-state index is 12.3. The first-order chi connectivity index (χ1) is 11.1. The molecule has 0 saturated carbocycles. The van der Waals surface area contributed by atoms with E-state index in [4.69, 9.17) is 28.3 Å². The standard InChI is InChI=1S/C13H8Cl2N2O6S/c14-10-5-7(13(18)19)6-11(12(10)15)16-24(22,23)9-3-1-8(2-4-9)17(20)21/h1-6,16H,(H,18,19). The van der Waals surface area contributed by atoms with Crippen LogP contribution in [-0.4, -0.2) is 24.4 Å². The number of hydrogen-bond acceptors (Lipinski definition) is 5. The maximum atomic E-state index is 12.3. The summed E-state index contributed by atoms with van der Waals surface area (Å²) in [5.74, 6) is -1.32. The summed E-state index contributed by atoms with van der Waals surface area (Å²) < 4.78 is 26.7. The van der Waals surface area contributed by atoms with Crippen molar-refractivity contribution in [3.05, 3.63) is 62.1 Å². The quantitative estimate of drug-likeness (QED) is 0.594. The summed E-state index contributed by atoms with van der Waals surface area (Å²) in [5, 5.41) is 19.3. The second-order valence-electron chi connectivity index (χ2n) is 4.48. The number of nitro groups is 1. The van der Waals surface area contributed by atoms with Gasteiger partial charge in [0.15, 0.2) is 0 Å². The van der Waals surface area contributed by atoms with Crippen molar-refractivity contribution in [3.63, 3.8) is 0 Å². The fourth-order valence-electron chi connectivity index (χ4n) is 1.74. The molecule has 2 N–H and O–H groups in total. The van der Waals surface area contributed by atoms with Crippen molar-refractivity contribution in [2.75, 3.05) is 4.72 Å². The Kier molecular flexibility index (Phi) is 4.97. The second kappa shape index (κ2) is 6.63. The number of carboxylic acids is 1. The van der Waals surface area contributed by atoms with Crippen molar-refractivity contribution in [3.8, 4) is 0 Å². The first-order valence-electron chi connectivity index (χ1n) is 6.11. The van der Waals surface area contributed by atoms with E-state index in [1.165, 1.54) is 0 Å². The molecule has 11 heteroatoms. The molecule has 24 heavy (non-hydrogen) atoms. The van der Waals surface area contributed by atoms with Gasteiger partial charge in [0.1, 0.15) is 0 Å². The molecular weight excluding hydrogens is 383 g/mol. The number of carbonyl (C=O) groups is 1. The van der Waals surface area contributed by atoms with Crippen LogP contribution in [0.4, 0.5) is 11.4 Å². The van der Waals surface area contributed by atoms with Crippen LogP contribution in [0.3, 0.4) is 0 Å². The molecule has 0 aromatic heterocycles. The molecule has 2 aromatic rings. The molecule has 0 amide bonds. The molecule has 0 aliphatic rings. The van der Waals surface area contributed by atoms with Gasteiger partial charge in [-0.15, -0.1) is 0 Å². The number of nitrogens with zero attached hydrogens (tertiary/aromatic N) is 1. The monoisotopic (exact) mass is 390 g/mol. The van der Waals surface area contributed by atoms with Gasteiger partial charge in [0, 0.05) is 12.1 Å². The zero-order valence-corrected chi connectivity index (χ0v) is 13.9.